The zero-order valence-corrected chi connectivity index (χ0v) is 17.8. The Morgan fingerprint density at radius 1 is 0.964 bits per heavy atom. The molecule has 0 unspecified atom stereocenters. The van der Waals surface area contributed by atoms with Crippen molar-refractivity contribution in [2.75, 3.05) is 6.26 Å². The van der Waals surface area contributed by atoms with Crippen molar-refractivity contribution in [3.8, 4) is 22.4 Å². The Kier molecular flexibility index (Phi) is 5.70. The molecule has 0 radical (unpaired) electrons. The highest BCUT2D eigenvalue weighted by Gasteiger charge is 2.29. The van der Waals surface area contributed by atoms with Crippen LogP contribution in [0.15, 0.2) is 48.7 Å². The number of rotatable bonds is 4. The molecule has 0 saturated carbocycles. The van der Waals surface area contributed by atoms with Gasteiger partial charge in [-0.1, -0.05) is 37.0 Å². The van der Waals surface area contributed by atoms with Gasteiger partial charge in [-0.15, -0.1) is 0 Å². The molecule has 11 heteroatoms. The van der Waals surface area contributed by atoms with Gasteiger partial charge in [0.2, 0.25) is 5.76 Å². The summed E-state index contributed by atoms with van der Waals surface area (Å²) in [6.07, 6.45) is -2.48. The monoisotopic (exact) mass is 541 g/mol. The molecule has 0 amide bonds. The van der Waals surface area contributed by atoms with Crippen LogP contribution < -0.4 is 0 Å². The molecule has 3 aromatic rings. The first kappa shape index (κ1) is 21.0. The maximum Gasteiger partial charge on any atom is 0.298 e. The van der Waals surface area contributed by atoms with E-state index in [4.69, 9.17) is 4.52 Å². The van der Waals surface area contributed by atoms with Crippen LogP contribution in [0.4, 0.5) is 17.6 Å². The summed E-state index contributed by atoms with van der Waals surface area (Å²) in [4.78, 5) is -1.14. The fraction of sp³-hybridized carbons (Fsp3) is 0.118. The number of hydrogen-bond acceptors (Lipinski definition) is 4. The molecule has 1 heterocycles. The molecular weight excluding hydrogens is 534 g/mol. The van der Waals surface area contributed by atoms with Crippen molar-refractivity contribution < 1.29 is 30.5 Å². The summed E-state index contributed by atoms with van der Waals surface area (Å²) in [5.41, 5.74) is -0.411. The molecule has 3 rings (SSSR count). The zero-order valence-electron chi connectivity index (χ0n) is 13.8. The second-order valence-corrected chi connectivity index (χ2v) is 9.55. The highest BCUT2D eigenvalue weighted by Crippen LogP contribution is 2.41. The minimum atomic E-state index is -4.20. The van der Waals surface area contributed by atoms with Crippen molar-refractivity contribution in [2.45, 2.75) is 11.3 Å². The van der Waals surface area contributed by atoms with Crippen LogP contribution in [0.2, 0.25) is 0 Å². The molecule has 0 aliphatic carbocycles. The largest absolute Gasteiger partial charge is 0.354 e. The lowest BCUT2D eigenvalue weighted by molar-refractivity contribution is 0.113. The number of nitrogens with zero attached hydrogens (tertiary/aromatic N) is 1. The molecule has 0 aliphatic rings. The predicted molar refractivity (Wildman–Crippen MR) is 101 cm³/mol. The Morgan fingerprint density at radius 3 is 1.96 bits per heavy atom. The van der Waals surface area contributed by atoms with Crippen molar-refractivity contribution in [1.82, 2.24) is 5.16 Å². The van der Waals surface area contributed by atoms with Gasteiger partial charge in [0.1, 0.15) is 22.2 Å². The number of aromatic nitrogens is 1. The minimum absolute atomic E-state index is 0.0804. The van der Waals surface area contributed by atoms with Crippen LogP contribution in [0.1, 0.15) is 12.2 Å². The fourth-order valence-electron chi connectivity index (χ4n) is 2.68. The molecule has 148 valence electrons. The van der Waals surface area contributed by atoms with E-state index in [0.717, 1.165) is 0 Å². The summed E-state index contributed by atoms with van der Waals surface area (Å²) in [6.45, 7) is 0. The van der Waals surface area contributed by atoms with Gasteiger partial charge in [-0.25, -0.2) is 26.0 Å². The van der Waals surface area contributed by atoms with Crippen molar-refractivity contribution in [3.05, 3.63) is 56.7 Å². The van der Waals surface area contributed by atoms with E-state index >= 15 is 0 Å². The molecule has 0 bridgehead atoms. The first-order valence-electron chi connectivity index (χ1n) is 7.42. The predicted octanol–water partition coefficient (Wildman–Crippen LogP) is 6.15. The second kappa shape index (κ2) is 7.60. The molecule has 0 fully saturated rings. The third-order valence-electron chi connectivity index (χ3n) is 3.71. The Morgan fingerprint density at radius 2 is 1.50 bits per heavy atom. The van der Waals surface area contributed by atoms with E-state index in [1.54, 1.807) is 18.2 Å². The summed E-state index contributed by atoms with van der Waals surface area (Å²) in [5, 5.41) is 3.64. The van der Waals surface area contributed by atoms with E-state index in [1.165, 1.54) is 0 Å². The fourth-order valence-corrected chi connectivity index (χ4v) is 4.80. The standard InChI is InChI=1S/C17H9Br2F4NO3S/c1-28(25,26)16-11(20)4-7(5-12(16)21)13-14(24-27-15(13)17(22)23)8-2-9(18)6-10(19)3-8/h2-6,17H,1H3. The Bertz CT molecular complexity index is 1140. The van der Waals surface area contributed by atoms with Crippen LogP contribution in [0.3, 0.4) is 0 Å². The molecule has 2 aromatic carbocycles. The molecular formula is C17H9Br2F4NO3S. The van der Waals surface area contributed by atoms with Crippen LogP contribution in [-0.2, 0) is 9.84 Å². The molecule has 1 aromatic heterocycles. The third kappa shape index (κ3) is 4.01. The molecule has 0 atom stereocenters. The number of benzene rings is 2. The molecule has 0 aliphatic heterocycles. The van der Waals surface area contributed by atoms with Gasteiger partial charge in [-0.3, -0.25) is 0 Å². The van der Waals surface area contributed by atoms with Gasteiger partial charge in [0, 0.05) is 20.8 Å². The second-order valence-electron chi connectivity index (χ2n) is 5.77. The van der Waals surface area contributed by atoms with Gasteiger partial charge in [0.05, 0.1) is 5.56 Å². The average molecular weight is 543 g/mol. The third-order valence-corrected chi connectivity index (χ3v) is 5.76. The van der Waals surface area contributed by atoms with E-state index in [1.807, 2.05) is 0 Å². The molecule has 0 N–H and O–H groups in total. The first-order chi connectivity index (χ1) is 13.0. The van der Waals surface area contributed by atoms with Crippen molar-refractivity contribution in [3.63, 3.8) is 0 Å². The zero-order chi connectivity index (χ0) is 20.8. The van der Waals surface area contributed by atoms with Crippen LogP contribution >= 0.6 is 31.9 Å². The summed E-state index contributed by atoms with van der Waals surface area (Å²) in [7, 11) is -4.20. The van der Waals surface area contributed by atoms with Gasteiger partial charge in [0.15, 0.2) is 9.84 Å². The molecule has 0 saturated heterocycles. The highest BCUT2D eigenvalue weighted by atomic mass is 79.9. The number of hydrogen-bond donors (Lipinski definition) is 0. The van der Waals surface area contributed by atoms with Crippen LogP contribution in [0.5, 0.6) is 0 Å². The van der Waals surface area contributed by atoms with E-state index < -0.39 is 38.6 Å². The summed E-state index contributed by atoms with van der Waals surface area (Å²) >= 11 is 6.52. The lowest BCUT2D eigenvalue weighted by Crippen LogP contribution is -2.05. The van der Waals surface area contributed by atoms with E-state index in [0.29, 0.717) is 32.9 Å². The SMILES string of the molecule is CS(=O)(=O)c1c(F)cc(-c2c(-c3cc(Br)cc(Br)c3)noc2C(F)F)cc1F. The van der Waals surface area contributed by atoms with Gasteiger partial charge in [0.25, 0.3) is 6.43 Å². The normalized spacial score (nSPS) is 12.0. The van der Waals surface area contributed by atoms with Crippen LogP contribution in [0, 0.1) is 11.6 Å². The van der Waals surface area contributed by atoms with Gasteiger partial charge in [-0.2, -0.15) is 0 Å². The lowest BCUT2D eigenvalue weighted by atomic mass is 9.99. The number of halogens is 6. The quantitative estimate of drug-likeness (QED) is 0.371. The smallest absolute Gasteiger partial charge is 0.298 e. The maximum absolute atomic E-state index is 14.3. The van der Waals surface area contributed by atoms with E-state index in [9.17, 15) is 26.0 Å². The first-order valence-corrected chi connectivity index (χ1v) is 10.9. The van der Waals surface area contributed by atoms with Gasteiger partial charge >= 0.3 is 0 Å². The summed E-state index contributed by atoms with van der Waals surface area (Å²) in [5.74, 6) is -3.70. The topological polar surface area (TPSA) is 60.2 Å². The van der Waals surface area contributed by atoms with Gasteiger partial charge < -0.3 is 4.52 Å². The molecule has 28 heavy (non-hydrogen) atoms. The van der Waals surface area contributed by atoms with Crippen molar-refractivity contribution in [1.29, 1.82) is 0 Å². The molecule has 0 spiro atoms. The Labute approximate surface area is 173 Å². The summed E-state index contributed by atoms with van der Waals surface area (Å²) in [6, 6.07) is 6.12. The van der Waals surface area contributed by atoms with Crippen molar-refractivity contribution in [2.24, 2.45) is 0 Å². The Balaban J connectivity index is 2.31. The number of alkyl halides is 2. The lowest BCUT2D eigenvalue weighted by Gasteiger charge is -2.09. The molecule has 4 nitrogen and oxygen atoms in total. The Hall–Kier alpha value is -1.72. The van der Waals surface area contributed by atoms with Crippen LogP contribution in [-0.4, -0.2) is 19.8 Å². The summed E-state index contributed by atoms with van der Waals surface area (Å²) < 4.78 is 84.6. The van der Waals surface area contributed by atoms with Crippen molar-refractivity contribution >= 4 is 41.7 Å². The van der Waals surface area contributed by atoms with E-state index in [2.05, 4.69) is 37.0 Å². The number of sulfone groups is 1. The minimum Gasteiger partial charge on any atom is -0.354 e. The van der Waals surface area contributed by atoms with E-state index in [-0.39, 0.29) is 16.8 Å². The average Bonchev–Trinajstić information content (AvgIpc) is 2.96. The highest BCUT2D eigenvalue weighted by molar-refractivity contribution is 9.11. The van der Waals surface area contributed by atoms with Crippen LogP contribution in [0.25, 0.3) is 22.4 Å². The van der Waals surface area contributed by atoms with Gasteiger partial charge in [-0.05, 0) is 35.9 Å². The maximum atomic E-state index is 14.3.